The van der Waals surface area contributed by atoms with E-state index in [9.17, 15) is 4.79 Å². The molecule has 3 rings (SSSR count). The Kier molecular flexibility index (Phi) is 2.96. The van der Waals surface area contributed by atoms with Gasteiger partial charge in [-0.3, -0.25) is 4.79 Å². The van der Waals surface area contributed by atoms with E-state index in [1.807, 2.05) is 30.3 Å². The molecule has 0 fully saturated rings. The van der Waals surface area contributed by atoms with Crippen molar-refractivity contribution in [2.24, 2.45) is 0 Å². The van der Waals surface area contributed by atoms with Crippen molar-refractivity contribution in [1.82, 2.24) is 25.6 Å². The molecule has 19 heavy (non-hydrogen) atoms. The van der Waals surface area contributed by atoms with Crippen molar-refractivity contribution in [3.05, 3.63) is 51.2 Å². The van der Waals surface area contributed by atoms with Crippen molar-refractivity contribution >= 4 is 15.9 Å². The minimum atomic E-state index is -0.240. The standard InChI is InChI=1S/C12H8BrN5O/c13-8-3-1-2-7(6-8)10-5-4-9(12(19)14-10)11-15-17-18-16-11/h1-6H,(H,14,19)(H,15,16,17,18). The summed E-state index contributed by atoms with van der Waals surface area (Å²) < 4.78 is 0.953. The van der Waals surface area contributed by atoms with Gasteiger partial charge in [-0.25, -0.2) is 5.10 Å². The molecule has 2 heterocycles. The highest BCUT2D eigenvalue weighted by molar-refractivity contribution is 9.10. The summed E-state index contributed by atoms with van der Waals surface area (Å²) in [5.74, 6) is 0.349. The minimum absolute atomic E-state index is 0.240. The van der Waals surface area contributed by atoms with Gasteiger partial charge in [0.15, 0.2) is 5.82 Å². The summed E-state index contributed by atoms with van der Waals surface area (Å²) in [6.45, 7) is 0. The maximum Gasteiger partial charge on any atom is 0.259 e. The van der Waals surface area contributed by atoms with Gasteiger partial charge in [-0.15, -0.1) is 5.10 Å². The fourth-order valence-electron chi connectivity index (χ4n) is 1.76. The Hall–Kier alpha value is -2.28. The molecule has 6 nitrogen and oxygen atoms in total. The Labute approximate surface area is 116 Å². The molecule has 0 aliphatic rings. The van der Waals surface area contributed by atoms with Crippen molar-refractivity contribution in [3.8, 4) is 22.6 Å². The average molecular weight is 318 g/mol. The number of pyridine rings is 1. The van der Waals surface area contributed by atoms with Crippen molar-refractivity contribution in [2.45, 2.75) is 0 Å². The van der Waals surface area contributed by atoms with Crippen molar-refractivity contribution in [2.75, 3.05) is 0 Å². The van der Waals surface area contributed by atoms with E-state index in [0.717, 1.165) is 15.7 Å². The molecule has 0 radical (unpaired) electrons. The van der Waals surface area contributed by atoms with Gasteiger partial charge in [0.05, 0.1) is 5.56 Å². The lowest BCUT2D eigenvalue weighted by atomic mass is 10.1. The van der Waals surface area contributed by atoms with Crippen molar-refractivity contribution in [3.63, 3.8) is 0 Å². The van der Waals surface area contributed by atoms with Crippen molar-refractivity contribution in [1.29, 1.82) is 0 Å². The normalized spacial score (nSPS) is 10.6. The Bertz CT molecular complexity index is 766. The zero-order valence-corrected chi connectivity index (χ0v) is 11.2. The van der Waals surface area contributed by atoms with Crippen LogP contribution in [0.4, 0.5) is 0 Å². The highest BCUT2D eigenvalue weighted by atomic mass is 79.9. The first-order chi connectivity index (χ1) is 9.24. The Morgan fingerprint density at radius 3 is 2.74 bits per heavy atom. The second-order valence-electron chi connectivity index (χ2n) is 3.88. The van der Waals surface area contributed by atoms with Crippen molar-refractivity contribution < 1.29 is 0 Å². The molecule has 0 spiro atoms. The number of aromatic amines is 2. The average Bonchev–Trinajstić information content (AvgIpc) is 2.92. The molecule has 0 saturated carbocycles. The monoisotopic (exact) mass is 317 g/mol. The number of tetrazole rings is 1. The topological polar surface area (TPSA) is 87.3 Å². The maximum atomic E-state index is 12.0. The summed E-state index contributed by atoms with van der Waals surface area (Å²) in [4.78, 5) is 14.8. The van der Waals surface area contributed by atoms with E-state index >= 15 is 0 Å². The van der Waals surface area contributed by atoms with Crippen LogP contribution in [0, 0.1) is 0 Å². The van der Waals surface area contributed by atoms with Crippen LogP contribution >= 0.6 is 15.9 Å². The van der Waals surface area contributed by atoms with Gasteiger partial charge < -0.3 is 4.98 Å². The quantitative estimate of drug-likeness (QED) is 0.756. The van der Waals surface area contributed by atoms with Gasteiger partial charge in [0.25, 0.3) is 5.56 Å². The second kappa shape index (κ2) is 4.77. The molecule has 0 unspecified atom stereocenters. The number of hydrogen-bond acceptors (Lipinski definition) is 4. The van der Waals surface area contributed by atoms with E-state index in [2.05, 4.69) is 41.5 Å². The molecule has 2 aromatic heterocycles. The highest BCUT2D eigenvalue weighted by Crippen LogP contribution is 2.21. The van der Waals surface area contributed by atoms with Crippen LogP contribution in [0.5, 0.6) is 0 Å². The molecule has 2 N–H and O–H groups in total. The Morgan fingerprint density at radius 1 is 1.16 bits per heavy atom. The van der Waals surface area contributed by atoms with Gasteiger partial charge in [-0.2, -0.15) is 0 Å². The summed E-state index contributed by atoms with van der Waals surface area (Å²) in [5, 5.41) is 13.2. The third-order valence-electron chi connectivity index (χ3n) is 2.65. The molecule has 0 bridgehead atoms. The van der Waals surface area contributed by atoms with Crippen LogP contribution in [0.1, 0.15) is 0 Å². The minimum Gasteiger partial charge on any atom is -0.321 e. The van der Waals surface area contributed by atoms with Crippen LogP contribution in [0.25, 0.3) is 22.6 Å². The lowest BCUT2D eigenvalue weighted by Crippen LogP contribution is -2.10. The molecule has 0 aliphatic carbocycles. The molecule has 7 heteroatoms. The van der Waals surface area contributed by atoms with E-state index in [1.54, 1.807) is 6.07 Å². The smallest absolute Gasteiger partial charge is 0.259 e. The van der Waals surface area contributed by atoms with Crippen LogP contribution in [-0.2, 0) is 0 Å². The summed E-state index contributed by atoms with van der Waals surface area (Å²) in [7, 11) is 0. The predicted octanol–water partition coefficient (Wildman–Crippen LogP) is 1.98. The van der Waals surface area contributed by atoms with E-state index in [0.29, 0.717) is 11.4 Å². The fourth-order valence-corrected chi connectivity index (χ4v) is 2.16. The second-order valence-corrected chi connectivity index (χ2v) is 4.79. The highest BCUT2D eigenvalue weighted by Gasteiger charge is 2.08. The SMILES string of the molecule is O=c1[nH]c(-c2cccc(Br)c2)ccc1-c1nnn[nH]1. The first-order valence-corrected chi connectivity index (χ1v) is 6.27. The summed E-state index contributed by atoms with van der Waals surface area (Å²) >= 11 is 3.40. The van der Waals surface area contributed by atoms with Crippen LogP contribution in [0.3, 0.4) is 0 Å². The largest absolute Gasteiger partial charge is 0.321 e. The molecule has 94 valence electrons. The van der Waals surface area contributed by atoms with Gasteiger partial charge in [0.1, 0.15) is 0 Å². The number of rotatable bonds is 2. The molecular formula is C12H8BrN5O. The van der Waals surface area contributed by atoms with Crippen LogP contribution in [0.2, 0.25) is 0 Å². The molecular weight excluding hydrogens is 310 g/mol. The first kappa shape index (κ1) is 11.8. The fraction of sp³-hybridized carbons (Fsp3) is 0. The number of H-pyrrole nitrogens is 2. The molecule has 0 atom stereocenters. The predicted molar refractivity (Wildman–Crippen MR) is 73.4 cm³/mol. The molecule has 0 aliphatic heterocycles. The van der Waals surface area contributed by atoms with E-state index in [4.69, 9.17) is 0 Å². The number of benzene rings is 1. The van der Waals surface area contributed by atoms with Crippen LogP contribution < -0.4 is 5.56 Å². The number of nitrogens with zero attached hydrogens (tertiary/aromatic N) is 3. The number of hydrogen-bond donors (Lipinski definition) is 2. The molecule has 3 aromatic rings. The molecule has 1 aromatic carbocycles. The first-order valence-electron chi connectivity index (χ1n) is 5.47. The summed E-state index contributed by atoms with van der Waals surface area (Å²) in [6, 6.07) is 11.2. The number of nitrogens with one attached hydrogen (secondary N) is 2. The maximum absolute atomic E-state index is 12.0. The molecule has 0 saturated heterocycles. The zero-order valence-electron chi connectivity index (χ0n) is 9.59. The molecule has 0 amide bonds. The van der Waals surface area contributed by atoms with Gasteiger partial charge in [-0.1, -0.05) is 28.1 Å². The zero-order chi connectivity index (χ0) is 13.2. The van der Waals surface area contributed by atoms with Crippen LogP contribution in [-0.4, -0.2) is 25.6 Å². The summed E-state index contributed by atoms with van der Waals surface area (Å²) in [5.41, 5.74) is 1.83. The van der Waals surface area contributed by atoms with E-state index in [-0.39, 0.29) is 5.56 Å². The van der Waals surface area contributed by atoms with Gasteiger partial charge in [0.2, 0.25) is 0 Å². The van der Waals surface area contributed by atoms with Crippen LogP contribution in [0.15, 0.2) is 45.7 Å². The van der Waals surface area contributed by atoms with Gasteiger partial charge in [0, 0.05) is 10.2 Å². The lowest BCUT2D eigenvalue weighted by molar-refractivity contribution is 0.881. The lowest BCUT2D eigenvalue weighted by Gasteiger charge is -2.03. The number of halogens is 1. The summed E-state index contributed by atoms with van der Waals surface area (Å²) in [6.07, 6.45) is 0. The van der Waals surface area contributed by atoms with Gasteiger partial charge in [-0.05, 0) is 40.3 Å². The Balaban J connectivity index is 2.07. The van der Waals surface area contributed by atoms with Gasteiger partial charge >= 0.3 is 0 Å². The van der Waals surface area contributed by atoms with E-state index in [1.165, 1.54) is 0 Å². The third-order valence-corrected chi connectivity index (χ3v) is 3.14. The van der Waals surface area contributed by atoms with E-state index < -0.39 is 0 Å². The Morgan fingerprint density at radius 2 is 2.05 bits per heavy atom. The number of aromatic nitrogens is 5. The third kappa shape index (κ3) is 2.32.